The quantitative estimate of drug-likeness (QED) is 0.901. The molecular formula is C14H20O4S. The fraction of sp³-hybridized carbons (Fsp3) is 0.500. The van der Waals surface area contributed by atoms with E-state index < -0.39 is 15.8 Å². The third kappa shape index (κ3) is 5.42. The summed E-state index contributed by atoms with van der Waals surface area (Å²) in [4.78, 5) is 10.4. The molecule has 0 heterocycles. The second-order valence-electron chi connectivity index (χ2n) is 5.68. The van der Waals surface area contributed by atoms with E-state index in [9.17, 15) is 13.2 Å². The summed E-state index contributed by atoms with van der Waals surface area (Å²) in [5, 5.41) is 8.50. The van der Waals surface area contributed by atoms with Crippen molar-refractivity contribution in [3.8, 4) is 0 Å². The van der Waals surface area contributed by atoms with E-state index >= 15 is 0 Å². The van der Waals surface area contributed by atoms with Crippen LogP contribution in [0.2, 0.25) is 0 Å². The lowest BCUT2D eigenvalue weighted by molar-refractivity contribution is -0.136. The van der Waals surface area contributed by atoms with Gasteiger partial charge in [-0.3, -0.25) is 4.79 Å². The smallest absolute Gasteiger partial charge is 0.304 e. The third-order valence-electron chi connectivity index (χ3n) is 2.83. The molecule has 1 aromatic carbocycles. The van der Waals surface area contributed by atoms with Crippen molar-refractivity contribution in [3.63, 3.8) is 0 Å². The first-order valence-electron chi connectivity index (χ1n) is 6.12. The molecule has 1 aromatic rings. The van der Waals surface area contributed by atoms with Crippen molar-refractivity contribution in [3.05, 3.63) is 35.4 Å². The zero-order valence-electron chi connectivity index (χ0n) is 11.5. The Bertz CT molecular complexity index is 536. The molecule has 0 spiro atoms. The van der Waals surface area contributed by atoms with Crippen LogP contribution >= 0.6 is 0 Å². The molecule has 0 saturated heterocycles. The first-order valence-corrected chi connectivity index (χ1v) is 7.94. The van der Waals surface area contributed by atoms with Gasteiger partial charge in [0.15, 0.2) is 9.84 Å². The van der Waals surface area contributed by atoms with E-state index in [4.69, 9.17) is 5.11 Å². The van der Waals surface area contributed by atoms with Gasteiger partial charge >= 0.3 is 5.97 Å². The first kappa shape index (κ1) is 15.7. The molecule has 4 nitrogen and oxygen atoms in total. The Labute approximate surface area is 114 Å². The van der Waals surface area contributed by atoms with E-state index in [1.807, 2.05) is 12.1 Å². The van der Waals surface area contributed by atoms with Gasteiger partial charge in [0.2, 0.25) is 0 Å². The number of benzene rings is 1. The Kier molecular flexibility index (Phi) is 4.74. The highest BCUT2D eigenvalue weighted by molar-refractivity contribution is 7.90. The summed E-state index contributed by atoms with van der Waals surface area (Å²) in [6.45, 7) is 6.27. The van der Waals surface area contributed by atoms with Gasteiger partial charge < -0.3 is 5.11 Å². The highest BCUT2D eigenvalue weighted by Crippen LogP contribution is 2.22. The van der Waals surface area contributed by atoms with Crippen molar-refractivity contribution in [2.75, 3.05) is 5.75 Å². The lowest BCUT2D eigenvalue weighted by Gasteiger charge is -2.19. The predicted molar refractivity (Wildman–Crippen MR) is 74.9 cm³/mol. The van der Waals surface area contributed by atoms with Crippen molar-refractivity contribution >= 4 is 15.8 Å². The summed E-state index contributed by atoms with van der Waals surface area (Å²) < 4.78 is 23.4. The number of rotatable bonds is 5. The van der Waals surface area contributed by atoms with Gasteiger partial charge in [-0.2, -0.15) is 0 Å². The number of carboxylic acids is 1. The molecule has 0 bridgehead atoms. The summed E-state index contributed by atoms with van der Waals surface area (Å²) in [7, 11) is -3.36. The van der Waals surface area contributed by atoms with Gasteiger partial charge in [-0.25, -0.2) is 8.42 Å². The van der Waals surface area contributed by atoms with Gasteiger partial charge in [0.1, 0.15) is 0 Å². The summed E-state index contributed by atoms with van der Waals surface area (Å²) in [5.41, 5.74) is 1.86. The minimum Gasteiger partial charge on any atom is -0.481 e. The Morgan fingerprint density at radius 3 is 2.11 bits per heavy atom. The number of hydrogen-bond donors (Lipinski definition) is 1. The SMILES string of the molecule is CC(C)(C)c1ccc(CS(=O)(=O)CCC(=O)O)cc1. The van der Waals surface area contributed by atoms with Crippen molar-refractivity contribution in [2.45, 2.75) is 38.4 Å². The molecule has 0 saturated carbocycles. The van der Waals surface area contributed by atoms with Gasteiger partial charge in [-0.05, 0) is 16.5 Å². The standard InChI is InChI=1S/C14H20O4S/c1-14(2,3)12-6-4-11(5-7-12)10-19(17,18)9-8-13(15)16/h4-7H,8-10H2,1-3H3,(H,15,16). The van der Waals surface area contributed by atoms with Gasteiger partial charge in [0.05, 0.1) is 17.9 Å². The minimum absolute atomic E-state index is 0.0285. The number of sulfone groups is 1. The normalized spacial score (nSPS) is 12.4. The molecule has 0 aliphatic carbocycles. The molecule has 0 radical (unpaired) electrons. The zero-order valence-corrected chi connectivity index (χ0v) is 12.3. The molecule has 0 atom stereocenters. The summed E-state index contributed by atoms with van der Waals surface area (Å²) >= 11 is 0. The maximum atomic E-state index is 11.7. The number of aliphatic carboxylic acids is 1. The van der Waals surface area contributed by atoms with Crippen molar-refractivity contribution in [1.29, 1.82) is 0 Å². The van der Waals surface area contributed by atoms with Crippen LogP contribution in [0, 0.1) is 0 Å². The minimum atomic E-state index is -3.36. The number of carboxylic acid groups (broad SMARTS) is 1. The van der Waals surface area contributed by atoms with Crippen LogP contribution in [0.5, 0.6) is 0 Å². The Morgan fingerprint density at radius 1 is 1.16 bits per heavy atom. The molecule has 0 unspecified atom stereocenters. The Hall–Kier alpha value is -1.36. The Balaban J connectivity index is 2.75. The van der Waals surface area contributed by atoms with Crippen LogP contribution in [0.15, 0.2) is 24.3 Å². The lowest BCUT2D eigenvalue weighted by Crippen LogP contribution is -2.14. The van der Waals surface area contributed by atoms with Crippen LogP contribution in [-0.4, -0.2) is 25.2 Å². The van der Waals surface area contributed by atoms with E-state index in [-0.39, 0.29) is 23.3 Å². The maximum absolute atomic E-state index is 11.7. The van der Waals surface area contributed by atoms with Crippen molar-refractivity contribution in [1.82, 2.24) is 0 Å². The van der Waals surface area contributed by atoms with Crippen molar-refractivity contribution in [2.24, 2.45) is 0 Å². The highest BCUT2D eigenvalue weighted by Gasteiger charge is 2.16. The average molecular weight is 284 g/mol. The zero-order chi connectivity index (χ0) is 14.7. The van der Waals surface area contributed by atoms with E-state index in [2.05, 4.69) is 20.8 Å². The van der Waals surface area contributed by atoms with Gasteiger partial charge in [-0.15, -0.1) is 0 Å². The lowest BCUT2D eigenvalue weighted by atomic mass is 9.87. The van der Waals surface area contributed by atoms with Gasteiger partial charge in [0, 0.05) is 0 Å². The third-order valence-corrected chi connectivity index (χ3v) is 4.43. The molecule has 5 heteroatoms. The Morgan fingerprint density at radius 2 is 1.68 bits per heavy atom. The fourth-order valence-electron chi connectivity index (χ4n) is 1.67. The summed E-state index contributed by atoms with van der Waals surface area (Å²) in [6, 6.07) is 7.42. The molecule has 0 amide bonds. The first-order chi connectivity index (χ1) is 8.60. The second-order valence-corrected chi connectivity index (χ2v) is 7.87. The van der Waals surface area contributed by atoms with Crippen molar-refractivity contribution < 1.29 is 18.3 Å². The molecule has 0 aromatic heterocycles. The molecule has 0 aliphatic heterocycles. The molecule has 1 rings (SSSR count). The van der Waals surface area contributed by atoms with Crippen LogP contribution in [0.25, 0.3) is 0 Å². The van der Waals surface area contributed by atoms with Gasteiger partial charge in [-0.1, -0.05) is 45.0 Å². The molecule has 0 aliphatic rings. The van der Waals surface area contributed by atoms with E-state index in [1.165, 1.54) is 0 Å². The van der Waals surface area contributed by atoms with Crippen LogP contribution in [0.3, 0.4) is 0 Å². The summed E-state index contributed by atoms with van der Waals surface area (Å²) in [6.07, 6.45) is -0.345. The van der Waals surface area contributed by atoms with Gasteiger partial charge in [0.25, 0.3) is 0 Å². The van der Waals surface area contributed by atoms with E-state index in [0.29, 0.717) is 5.56 Å². The second kappa shape index (κ2) is 5.74. The highest BCUT2D eigenvalue weighted by atomic mass is 32.2. The molecule has 0 fully saturated rings. The predicted octanol–water partition coefficient (Wildman–Crippen LogP) is 2.37. The van der Waals surface area contributed by atoms with Crippen LogP contribution in [-0.2, 0) is 25.8 Å². The number of hydrogen-bond acceptors (Lipinski definition) is 3. The topological polar surface area (TPSA) is 71.4 Å². The van der Waals surface area contributed by atoms with Crippen LogP contribution in [0.4, 0.5) is 0 Å². The largest absolute Gasteiger partial charge is 0.481 e. The average Bonchev–Trinajstić information content (AvgIpc) is 2.25. The van der Waals surface area contributed by atoms with Crippen LogP contribution < -0.4 is 0 Å². The van der Waals surface area contributed by atoms with E-state index in [0.717, 1.165) is 5.56 Å². The number of carbonyl (C=O) groups is 1. The molecule has 19 heavy (non-hydrogen) atoms. The fourth-order valence-corrected chi connectivity index (χ4v) is 3.00. The van der Waals surface area contributed by atoms with Crippen LogP contribution in [0.1, 0.15) is 38.3 Å². The summed E-state index contributed by atoms with van der Waals surface area (Å²) in [5.74, 6) is -1.51. The molecule has 106 valence electrons. The van der Waals surface area contributed by atoms with E-state index in [1.54, 1.807) is 12.1 Å². The monoisotopic (exact) mass is 284 g/mol. The molecular weight excluding hydrogens is 264 g/mol. The maximum Gasteiger partial charge on any atom is 0.304 e. The molecule has 1 N–H and O–H groups in total.